The van der Waals surface area contributed by atoms with Gasteiger partial charge in [0.2, 0.25) is 0 Å². The molecule has 1 N–H and O–H groups in total. The Bertz CT molecular complexity index is 457. The van der Waals surface area contributed by atoms with Gasteiger partial charge in [0.05, 0.1) is 38.6 Å². The second-order valence-electron chi connectivity index (χ2n) is 8.20. The topological polar surface area (TPSA) is 58.6 Å². The fraction of sp³-hybridized carbons (Fsp3) is 0.952. The van der Waals surface area contributed by atoms with Gasteiger partial charge in [0.1, 0.15) is 0 Å². The molecule has 0 aromatic carbocycles. The molecule has 0 aromatic heterocycles. The van der Waals surface area contributed by atoms with Gasteiger partial charge in [-0.05, 0) is 46.0 Å². The second kappa shape index (κ2) is 12.0. The van der Waals surface area contributed by atoms with Gasteiger partial charge in [0, 0.05) is 45.4 Å². The Balaban J connectivity index is 1.41. The van der Waals surface area contributed by atoms with Crippen LogP contribution in [0.5, 0.6) is 0 Å². The van der Waals surface area contributed by atoms with Gasteiger partial charge in [-0.1, -0.05) is 0 Å². The van der Waals surface area contributed by atoms with Gasteiger partial charge >= 0.3 is 0 Å². The van der Waals surface area contributed by atoms with Crippen LogP contribution in [0.25, 0.3) is 0 Å². The van der Waals surface area contributed by atoms with Crippen LogP contribution in [0.3, 0.4) is 0 Å². The Kier molecular flexibility index (Phi) is 9.31. The first-order valence-electron chi connectivity index (χ1n) is 11.3. The second-order valence-corrected chi connectivity index (χ2v) is 8.20. The highest BCUT2D eigenvalue weighted by atomic mass is 16.5. The van der Waals surface area contributed by atoms with E-state index in [-0.39, 0.29) is 0 Å². The number of piperidine rings is 1. The summed E-state index contributed by atoms with van der Waals surface area (Å²) in [6, 6.07) is 0.453. The molecule has 7 heteroatoms. The first kappa shape index (κ1) is 21.8. The van der Waals surface area contributed by atoms with Crippen LogP contribution in [0.1, 0.15) is 46.0 Å². The van der Waals surface area contributed by atoms with E-state index in [9.17, 15) is 0 Å². The van der Waals surface area contributed by atoms with Crippen LogP contribution in [0.4, 0.5) is 0 Å². The molecule has 2 atom stereocenters. The van der Waals surface area contributed by atoms with Crippen LogP contribution < -0.4 is 5.32 Å². The van der Waals surface area contributed by atoms with Crippen LogP contribution in [0, 0.1) is 0 Å². The van der Waals surface area contributed by atoms with E-state index >= 15 is 0 Å². The highest BCUT2D eigenvalue weighted by Gasteiger charge is 2.24. The molecule has 162 valence electrons. The van der Waals surface area contributed by atoms with E-state index in [0.717, 1.165) is 90.9 Å². The third-order valence-electron chi connectivity index (χ3n) is 6.04. The van der Waals surface area contributed by atoms with Gasteiger partial charge in [-0.3, -0.25) is 9.89 Å². The highest BCUT2D eigenvalue weighted by Crippen LogP contribution is 2.18. The van der Waals surface area contributed by atoms with Crippen LogP contribution in [0.2, 0.25) is 0 Å². The fourth-order valence-corrected chi connectivity index (χ4v) is 4.19. The van der Waals surface area contributed by atoms with Gasteiger partial charge in [-0.15, -0.1) is 0 Å². The summed E-state index contributed by atoms with van der Waals surface area (Å²) < 4.78 is 17.4. The minimum Gasteiger partial charge on any atom is -0.379 e. The Morgan fingerprint density at radius 3 is 2.57 bits per heavy atom. The van der Waals surface area contributed by atoms with E-state index < -0.39 is 0 Å². The summed E-state index contributed by atoms with van der Waals surface area (Å²) in [6.45, 7) is 13.5. The third kappa shape index (κ3) is 6.87. The molecular formula is C21H40N4O3. The van der Waals surface area contributed by atoms with Crippen molar-refractivity contribution < 1.29 is 14.2 Å². The third-order valence-corrected chi connectivity index (χ3v) is 6.04. The van der Waals surface area contributed by atoms with E-state index in [0.29, 0.717) is 18.2 Å². The molecule has 28 heavy (non-hydrogen) atoms. The van der Waals surface area contributed by atoms with Crippen molar-refractivity contribution in [2.75, 3.05) is 65.7 Å². The Morgan fingerprint density at radius 2 is 1.89 bits per heavy atom. The zero-order chi connectivity index (χ0) is 19.6. The standard InChI is InChI=1S/C21H40N4O3/c1-3-22-21(23-16-18(2)24-11-14-26-15-12-24)25-9-7-19(8-10-25)28-17-20-6-4-5-13-27-20/h18-20H,3-17H2,1-2H3,(H,22,23). The monoisotopic (exact) mass is 396 g/mol. The largest absolute Gasteiger partial charge is 0.379 e. The van der Waals surface area contributed by atoms with Crippen LogP contribution in [-0.2, 0) is 14.2 Å². The maximum atomic E-state index is 6.16. The molecule has 3 aliphatic rings. The van der Waals surface area contributed by atoms with E-state index in [2.05, 4.69) is 29.0 Å². The molecule has 0 spiro atoms. The van der Waals surface area contributed by atoms with Crippen molar-refractivity contribution in [1.29, 1.82) is 0 Å². The average molecular weight is 397 g/mol. The lowest BCUT2D eigenvalue weighted by atomic mass is 10.1. The number of ether oxygens (including phenoxy) is 3. The molecule has 7 nitrogen and oxygen atoms in total. The van der Waals surface area contributed by atoms with Crippen molar-refractivity contribution >= 4 is 5.96 Å². The van der Waals surface area contributed by atoms with Crippen molar-refractivity contribution in [1.82, 2.24) is 15.1 Å². The summed E-state index contributed by atoms with van der Waals surface area (Å²) in [7, 11) is 0. The average Bonchev–Trinajstić information content (AvgIpc) is 2.77. The smallest absolute Gasteiger partial charge is 0.193 e. The maximum absolute atomic E-state index is 6.16. The van der Waals surface area contributed by atoms with Crippen molar-refractivity contribution in [3.8, 4) is 0 Å². The Morgan fingerprint density at radius 1 is 1.11 bits per heavy atom. The number of rotatable bonds is 7. The predicted octanol–water partition coefficient (Wildman–Crippen LogP) is 1.72. The number of morpholine rings is 1. The van der Waals surface area contributed by atoms with E-state index in [4.69, 9.17) is 19.2 Å². The van der Waals surface area contributed by atoms with Crippen molar-refractivity contribution in [2.24, 2.45) is 4.99 Å². The fourth-order valence-electron chi connectivity index (χ4n) is 4.19. The van der Waals surface area contributed by atoms with Gasteiger partial charge in [0.15, 0.2) is 5.96 Å². The Labute approximate surface area is 170 Å². The first-order valence-corrected chi connectivity index (χ1v) is 11.3. The molecule has 0 saturated carbocycles. The first-order chi connectivity index (χ1) is 13.8. The number of hydrogen-bond acceptors (Lipinski definition) is 5. The summed E-state index contributed by atoms with van der Waals surface area (Å²) in [4.78, 5) is 9.82. The van der Waals surface area contributed by atoms with Crippen molar-refractivity contribution in [2.45, 2.75) is 64.2 Å². The summed E-state index contributed by atoms with van der Waals surface area (Å²) in [5, 5.41) is 3.48. The highest BCUT2D eigenvalue weighted by molar-refractivity contribution is 5.80. The van der Waals surface area contributed by atoms with Gasteiger partial charge in [0.25, 0.3) is 0 Å². The normalized spacial score (nSPS) is 27.0. The number of hydrogen-bond donors (Lipinski definition) is 1. The predicted molar refractivity (Wildman–Crippen MR) is 112 cm³/mol. The molecule has 3 saturated heterocycles. The molecule has 0 radical (unpaired) electrons. The molecule has 3 heterocycles. The number of guanidine groups is 1. The number of likely N-dealkylation sites (tertiary alicyclic amines) is 1. The lowest BCUT2D eigenvalue weighted by Crippen LogP contribution is -2.48. The molecule has 3 fully saturated rings. The van der Waals surface area contributed by atoms with E-state index in [1.807, 2.05) is 0 Å². The Hall–Kier alpha value is -0.890. The lowest BCUT2D eigenvalue weighted by Gasteiger charge is -2.35. The lowest BCUT2D eigenvalue weighted by molar-refractivity contribution is -0.0721. The van der Waals surface area contributed by atoms with Gasteiger partial charge < -0.3 is 24.4 Å². The van der Waals surface area contributed by atoms with Crippen LogP contribution >= 0.6 is 0 Å². The minimum atomic E-state index is 0.312. The van der Waals surface area contributed by atoms with Gasteiger partial charge in [-0.2, -0.15) is 0 Å². The number of aliphatic imine (C=N–C) groups is 1. The molecule has 3 rings (SSSR count). The summed E-state index contributed by atoms with van der Waals surface area (Å²) in [5.41, 5.74) is 0. The van der Waals surface area contributed by atoms with Crippen LogP contribution in [-0.4, -0.2) is 99.7 Å². The molecule has 0 aromatic rings. The SMILES string of the molecule is CCNC(=NCC(C)N1CCOCC1)N1CCC(OCC2CCCCO2)CC1. The minimum absolute atomic E-state index is 0.312. The zero-order valence-electron chi connectivity index (χ0n) is 17.9. The number of nitrogens with one attached hydrogen (secondary N) is 1. The summed E-state index contributed by atoms with van der Waals surface area (Å²) in [6.07, 6.45) is 6.43. The van der Waals surface area contributed by atoms with E-state index in [1.54, 1.807) is 0 Å². The molecule has 0 amide bonds. The number of nitrogens with zero attached hydrogens (tertiary/aromatic N) is 3. The molecule has 0 bridgehead atoms. The van der Waals surface area contributed by atoms with Crippen molar-refractivity contribution in [3.05, 3.63) is 0 Å². The zero-order valence-corrected chi connectivity index (χ0v) is 17.9. The molecular weight excluding hydrogens is 356 g/mol. The summed E-state index contributed by atoms with van der Waals surface area (Å²) in [5.74, 6) is 1.05. The quantitative estimate of drug-likeness (QED) is 0.522. The molecule has 2 unspecified atom stereocenters. The van der Waals surface area contributed by atoms with E-state index in [1.165, 1.54) is 12.8 Å². The molecule has 0 aliphatic carbocycles. The van der Waals surface area contributed by atoms with Crippen molar-refractivity contribution in [3.63, 3.8) is 0 Å². The maximum Gasteiger partial charge on any atom is 0.193 e. The van der Waals surface area contributed by atoms with Crippen LogP contribution in [0.15, 0.2) is 4.99 Å². The van der Waals surface area contributed by atoms with Gasteiger partial charge in [-0.25, -0.2) is 0 Å². The molecule has 3 aliphatic heterocycles. The summed E-state index contributed by atoms with van der Waals surface area (Å²) >= 11 is 0.